The molecule has 0 saturated heterocycles. The number of aromatic nitrogens is 2. The molecule has 7 nitrogen and oxygen atoms in total. The minimum Gasteiger partial charge on any atom is -0.354 e. The first kappa shape index (κ1) is 15.9. The van der Waals surface area contributed by atoms with Crippen LogP contribution in [-0.2, 0) is 16.0 Å². The summed E-state index contributed by atoms with van der Waals surface area (Å²) in [5, 5.41) is 5.26. The molecule has 0 aliphatic carbocycles. The molecule has 1 rings (SSSR count). The van der Waals surface area contributed by atoms with Crippen molar-refractivity contribution in [3.05, 3.63) is 27.9 Å². The Morgan fingerprint density at radius 3 is 2.60 bits per heavy atom. The predicted molar refractivity (Wildman–Crippen MR) is 74.2 cm³/mol. The molecule has 3 N–H and O–H groups in total. The number of nitrogens with zero attached hydrogens (tertiary/aromatic N) is 1. The van der Waals surface area contributed by atoms with E-state index < -0.39 is 5.54 Å². The average Bonchev–Trinajstić information content (AvgIpc) is 2.25. The van der Waals surface area contributed by atoms with Crippen molar-refractivity contribution in [2.75, 3.05) is 6.54 Å². The number of hydrogen-bond acceptors (Lipinski definition) is 4. The van der Waals surface area contributed by atoms with E-state index in [1.165, 1.54) is 13.0 Å². The second kappa shape index (κ2) is 6.31. The number of carbonyl (C=O) groups excluding carboxylic acids is 2. The van der Waals surface area contributed by atoms with Crippen molar-refractivity contribution in [2.24, 2.45) is 0 Å². The van der Waals surface area contributed by atoms with Gasteiger partial charge in [-0.25, -0.2) is 4.98 Å². The number of hydrogen-bond donors (Lipinski definition) is 3. The van der Waals surface area contributed by atoms with Gasteiger partial charge in [-0.15, -0.1) is 0 Å². The van der Waals surface area contributed by atoms with E-state index in [4.69, 9.17) is 0 Å². The van der Waals surface area contributed by atoms with Crippen molar-refractivity contribution in [3.63, 3.8) is 0 Å². The van der Waals surface area contributed by atoms with Gasteiger partial charge in [0.15, 0.2) is 0 Å². The zero-order valence-electron chi connectivity index (χ0n) is 12.2. The summed E-state index contributed by atoms with van der Waals surface area (Å²) in [6.45, 7) is 6.66. The molecule has 0 spiro atoms. The van der Waals surface area contributed by atoms with Gasteiger partial charge in [-0.1, -0.05) is 0 Å². The normalized spacial score (nSPS) is 11.0. The second-order valence-corrected chi connectivity index (χ2v) is 5.15. The highest BCUT2D eigenvalue weighted by Crippen LogP contribution is 2.01. The number of nitrogens with one attached hydrogen (secondary N) is 3. The van der Waals surface area contributed by atoms with Crippen LogP contribution in [-0.4, -0.2) is 33.9 Å². The van der Waals surface area contributed by atoms with Gasteiger partial charge < -0.3 is 15.6 Å². The molecule has 0 bridgehead atoms. The lowest BCUT2D eigenvalue weighted by Crippen LogP contribution is -2.54. The van der Waals surface area contributed by atoms with Crippen LogP contribution in [0.1, 0.15) is 32.3 Å². The summed E-state index contributed by atoms with van der Waals surface area (Å²) in [5.74, 6) is -0.0369. The van der Waals surface area contributed by atoms with Gasteiger partial charge in [0.05, 0.1) is 0 Å². The molecular weight excluding hydrogens is 260 g/mol. The van der Waals surface area contributed by atoms with Crippen LogP contribution in [0.2, 0.25) is 0 Å². The van der Waals surface area contributed by atoms with Crippen LogP contribution in [0, 0.1) is 6.92 Å². The van der Waals surface area contributed by atoms with Crippen molar-refractivity contribution in [3.8, 4) is 0 Å². The lowest BCUT2D eigenvalue weighted by atomic mass is 10.0. The molecule has 1 heterocycles. The van der Waals surface area contributed by atoms with Crippen LogP contribution in [0.3, 0.4) is 0 Å². The van der Waals surface area contributed by atoms with Crippen molar-refractivity contribution in [1.29, 1.82) is 0 Å². The minimum atomic E-state index is -0.973. The van der Waals surface area contributed by atoms with Gasteiger partial charge in [-0.3, -0.25) is 14.4 Å². The van der Waals surface area contributed by atoms with Gasteiger partial charge in [0.2, 0.25) is 11.8 Å². The Morgan fingerprint density at radius 2 is 2.05 bits per heavy atom. The summed E-state index contributed by atoms with van der Waals surface area (Å²) in [4.78, 5) is 40.9. The highest BCUT2D eigenvalue weighted by Gasteiger charge is 2.27. The van der Waals surface area contributed by atoms with E-state index in [1.807, 2.05) is 0 Å². The molecule has 1 aromatic rings. The molecule has 0 radical (unpaired) electrons. The number of H-pyrrole nitrogens is 1. The monoisotopic (exact) mass is 280 g/mol. The third-order valence-corrected chi connectivity index (χ3v) is 2.62. The zero-order chi connectivity index (χ0) is 15.3. The van der Waals surface area contributed by atoms with E-state index in [9.17, 15) is 14.4 Å². The Balaban J connectivity index is 2.53. The highest BCUT2D eigenvalue weighted by atomic mass is 16.2. The summed E-state index contributed by atoms with van der Waals surface area (Å²) in [6, 6.07) is 1.40. The Hall–Kier alpha value is -2.18. The summed E-state index contributed by atoms with van der Waals surface area (Å²) in [7, 11) is 0. The fourth-order valence-corrected chi connectivity index (χ4v) is 1.77. The van der Waals surface area contributed by atoms with Crippen molar-refractivity contribution >= 4 is 11.8 Å². The molecule has 1 aromatic heterocycles. The van der Waals surface area contributed by atoms with Crippen LogP contribution in [0.25, 0.3) is 0 Å². The van der Waals surface area contributed by atoms with Crippen molar-refractivity contribution < 1.29 is 9.59 Å². The van der Waals surface area contributed by atoms with E-state index in [1.54, 1.807) is 20.8 Å². The molecule has 7 heteroatoms. The van der Waals surface area contributed by atoms with E-state index in [0.29, 0.717) is 24.5 Å². The quantitative estimate of drug-likeness (QED) is 0.686. The van der Waals surface area contributed by atoms with Gasteiger partial charge in [0.1, 0.15) is 11.4 Å². The van der Waals surface area contributed by atoms with Gasteiger partial charge >= 0.3 is 0 Å². The number of aryl methyl sites for hydroxylation is 1. The summed E-state index contributed by atoms with van der Waals surface area (Å²) < 4.78 is 0. The third-order valence-electron chi connectivity index (χ3n) is 2.62. The first-order valence-electron chi connectivity index (χ1n) is 6.34. The van der Waals surface area contributed by atoms with E-state index in [-0.39, 0.29) is 17.4 Å². The SMILES string of the molecule is CC(=O)NC(C)(C)C(=O)NCCc1nc(C)cc(=O)[nH]1. The topological polar surface area (TPSA) is 104 Å². The van der Waals surface area contributed by atoms with Crippen molar-refractivity contribution in [2.45, 2.75) is 39.7 Å². The molecule has 2 amide bonds. The van der Waals surface area contributed by atoms with Crippen LogP contribution in [0.4, 0.5) is 0 Å². The smallest absolute Gasteiger partial charge is 0.251 e. The predicted octanol–water partition coefficient (Wildman–Crippen LogP) is -0.348. The Morgan fingerprint density at radius 1 is 1.40 bits per heavy atom. The maximum atomic E-state index is 11.9. The molecule has 0 atom stereocenters. The minimum absolute atomic E-state index is 0.211. The van der Waals surface area contributed by atoms with Gasteiger partial charge in [0.25, 0.3) is 5.56 Å². The summed E-state index contributed by atoms with van der Waals surface area (Å²) in [5.41, 5.74) is -0.551. The largest absolute Gasteiger partial charge is 0.354 e. The first-order valence-corrected chi connectivity index (χ1v) is 6.34. The molecule has 0 aliphatic rings. The van der Waals surface area contributed by atoms with Crippen LogP contribution >= 0.6 is 0 Å². The van der Waals surface area contributed by atoms with Crippen LogP contribution in [0.5, 0.6) is 0 Å². The summed E-state index contributed by atoms with van der Waals surface area (Å²) >= 11 is 0. The van der Waals surface area contributed by atoms with E-state index in [0.717, 1.165) is 0 Å². The lowest BCUT2D eigenvalue weighted by Gasteiger charge is -2.24. The van der Waals surface area contributed by atoms with Crippen LogP contribution < -0.4 is 16.2 Å². The molecule has 0 unspecified atom stereocenters. The van der Waals surface area contributed by atoms with Gasteiger partial charge in [0, 0.05) is 31.6 Å². The third kappa shape index (κ3) is 4.83. The maximum Gasteiger partial charge on any atom is 0.251 e. The van der Waals surface area contributed by atoms with E-state index >= 15 is 0 Å². The fraction of sp³-hybridized carbons (Fsp3) is 0.538. The fourth-order valence-electron chi connectivity index (χ4n) is 1.77. The number of rotatable bonds is 5. The van der Waals surface area contributed by atoms with Crippen molar-refractivity contribution in [1.82, 2.24) is 20.6 Å². The van der Waals surface area contributed by atoms with E-state index in [2.05, 4.69) is 20.6 Å². The highest BCUT2D eigenvalue weighted by molar-refractivity contribution is 5.90. The Labute approximate surface area is 117 Å². The van der Waals surface area contributed by atoms with Gasteiger partial charge in [-0.2, -0.15) is 0 Å². The standard InChI is InChI=1S/C13H20N4O3/c1-8-7-11(19)16-10(15-8)5-6-14-12(20)13(3,4)17-9(2)18/h7H,5-6H2,1-4H3,(H,14,20)(H,17,18)(H,15,16,19). The first-order chi connectivity index (χ1) is 9.20. The Kier molecular flexibility index (Phi) is 5.01. The zero-order valence-corrected chi connectivity index (χ0v) is 12.2. The Bertz CT molecular complexity index is 563. The van der Waals surface area contributed by atoms with Gasteiger partial charge in [-0.05, 0) is 20.8 Å². The average molecular weight is 280 g/mol. The number of carbonyl (C=O) groups is 2. The molecule has 0 aromatic carbocycles. The molecule has 0 aliphatic heterocycles. The molecule has 0 saturated carbocycles. The number of aromatic amines is 1. The maximum absolute atomic E-state index is 11.9. The second-order valence-electron chi connectivity index (χ2n) is 5.15. The summed E-state index contributed by atoms with van der Waals surface area (Å²) in [6.07, 6.45) is 0.415. The number of amides is 2. The molecule has 110 valence electrons. The molecule has 0 fully saturated rings. The lowest BCUT2D eigenvalue weighted by molar-refractivity contribution is -0.131. The molecular formula is C13H20N4O3. The van der Waals surface area contributed by atoms with Crippen LogP contribution in [0.15, 0.2) is 10.9 Å². The molecule has 20 heavy (non-hydrogen) atoms.